The topological polar surface area (TPSA) is 166 Å². The fourth-order valence-corrected chi connectivity index (χ4v) is 21.3. The Morgan fingerprint density at radius 2 is 0.908 bits per heavy atom. The average Bonchev–Trinajstić information content (AvgIpc) is 1.47. The Bertz CT molecular complexity index is 4230. The molecule has 2 saturated heterocycles. The van der Waals surface area contributed by atoms with E-state index in [1.807, 2.05) is 26.1 Å². The van der Waals surface area contributed by atoms with Crippen LogP contribution in [0.2, 0.25) is 0 Å². The van der Waals surface area contributed by atoms with Gasteiger partial charge in [-0.05, 0) is 168 Å². The molecule has 10 aromatic rings. The van der Waals surface area contributed by atoms with Gasteiger partial charge in [-0.1, -0.05) is 127 Å². The monoisotopic (exact) mass is 1720 g/mol. The summed E-state index contributed by atoms with van der Waals surface area (Å²) in [7, 11) is 7.07. The van der Waals surface area contributed by atoms with Gasteiger partial charge in [-0.2, -0.15) is 0 Å². The molecule has 4 aliphatic heterocycles. The van der Waals surface area contributed by atoms with Crippen molar-refractivity contribution in [2.45, 2.75) is 122 Å². The quantitative estimate of drug-likeness (QED) is 0.0459. The van der Waals surface area contributed by atoms with Gasteiger partial charge in [0.15, 0.2) is 22.6 Å². The molecule has 109 heavy (non-hydrogen) atoms. The summed E-state index contributed by atoms with van der Waals surface area (Å²) < 4.78 is 38.4. The van der Waals surface area contributed by atoms with Crippen molar-refractivity contribution in [1.29, 1.82) is 0 Å². The molecule has 0 spiro atoms. The predicted octanol–water partition coefficient (Wildman–Crippen LogP) is 15.8. The van der Waals surface area contributed by atoms with Crippen molar-refractivity contribution in [3.05, 3.63) is 282 Å². The maximum Gasteiger partial charge on any atom is 2.00 e. The molecule has 0 amide bonds. The standard InChI is InChI=1S/C24H24N2O4.C20H23NO4.2C17H19P.C5H6BNO2.CH2Cl2.2CH3.2ClH.Fe.Pd/c1-16-22(27)12-23(30-15-20-14-28-9-10-29-20)26-8-6-18-11-17(4-5-21(18)24(16)26)19-3-2-7-25-13-19;1-13-3-4-17-15(9-13)5-6-21-19(10-18(22)14(2)20(17)21)25-12-16-11-23-7-8-24-16;2*1-3-9-15(10-4-1)18(17-13-7-8-14-17)16-11-5-2-6-12-16;8-6(9)5-2-1-3-7-4-5;2-1-3;;;;;;/h2-5,7,11-13,20H,6,8-10,14-15H2,1H3;3-4,9-10,16H,5-8,11-12H2,1-2H3;2*1-6,9-12,17H,7-8,13-14H2;1-4,8-9H;1H2;2*1H3;2*1H;;/q;;;;;;2*-1;;;2*+2/t20-;16-;;;;;;;;;;/m00........../s1. The number of halogens is 4. The molecule has 2 saturated carbocycles. The Morgan fingerprint density at radius 1 is 0.514 bits per heavy atom. The van der Waals surface area contributed by atoms with Gasteiger partial charge in [0.25, 0.3) is 0 Å². The van der Waals surface area contributed by atoms with Crippen molar-refractivity contribution in [2.75, 3.05) is 58.2 Å². The van der Waals surface area contributed by atoms with E-state index in [1.54, 1.807) is 57.9 Å². The summed E-state index contributed by atoms with van der Waals surface area (Å²) in [6, 6.07) is 68.0. The van der Waals surface area contributed by atoms with Crippen LogP contribution in [0.5, 0.6) is 11.8 Å². The average molecular weight is 1730 g/mol. The second-order valence-corrected chi connectivity index (χ2v) is 35.3. The van der Waals surface area contributed by atoms with Gasteiger partial charge in [0.2, 0.25) is 0 Å². The van der Waals surface area contributed by atoms with Crippen LogP contribution in [-0.4, -0.2) is 118 Å². The third-order valence-corrected chi connectivity index (χ3v) is 26.2. The molecule has 23 heteroatoms. The van der Waals surface area contributed by atoms with Gasteiger partial charge >= 0.3 is 59.2 Å². The summed E-state index contributed by atoms with van der Waals surface area (Å²) in [6.45, 7) is 11.7. The van der Waals surface area contributed by atoms with E-state index in [2.05, 4.69) is 190 Å². The maximum atomic E-state index is 12.7. The summed E-state index contributed by atoms with van der Waals surface area (Å²) in [4.78, 5) is 33.1. The molecular weight excluding hydrogens is 1630 g/mol. The SMILES string of the molecule is Cc1c2n(c(OC[C@@H]3COCCO3)cc1=O)CCc1cc(-c3cccnc3)ccc1-2.Cc1ccc2c(c1)CCn1c(OC[C@@H]3COCCO3)cc(=O)c(C)c1-2.ClCCl.OB(O)c1cccnc1.[CH3-].[CH3-].[Cl][Pd][Cl].[Fe+2].c1ccc([PH+](c2ccccc2)C2CCCC2)cc1.c1ccc([PH+](c2ccccc2)C2CCCC2)cc1. The third-order valence-electron chi connectivity index (χ3n) is 19.6. The van der Waals surface area contributed by atoms with Crippen molar-refractivity contribution in [3.63, 3.8) is 0 Å². The van der Waals surface area contributed by atoms with E-state index in [4.69, 9.17) is 80.7 Å². The predicted molar refractivity (Wildman–Crippen MR) is 450 cm³/mol. The van der Waals surface area contributed by atoms with E-state index in [-0.39, 0.29) is 76.3 Å². The van der Waals surface area contributed by atoms with Crippen LogP contribution in [0.1, 0.15) is 79.2 Å². The first kappa shape index (κ1) is 90.3. The van der Waals surface area contributed by atoms with E-state index in [0.29, 0.717) is 70.1 Å². The summed E-state index contributed by atoms with van der Waals surface area (Å²) in [5, 5.41) is 23.6. The number of aromatic nitrogens is 4. The Morgan fingerprint density at radius 3 is 1.27 bits per heavy atom. The first-order valence-electron chi connectivity index (χ1n) is 36.3. The van der Waals surface area contributed by atoms with Crippen molar-refractivity contribution in [1.82, 2.24) is 19.1 Å². The fourth-order valence-electron chi connectivity index (χ4n) is 14.5. The smallest absolute Gasteiger partial charge is 0.0620 e. The second-order valence-electron chi connectivity index (χ2n) is 26.5. The van der Waals surface area contributed by atoms with Crippen molar-refractivity contribution >= 4 is 91.9 Å². The molecule has 6 aromatic carbocycles. The van der Waals surface area contributed by atoms with Crippen LogP contribution >= 0.6 is 58.1 Å². The first-order valence-corrected chi connectivity index (χ1v) is 44.5. The maximum absolute atomic E-state index is 12.7. The Hall–Kier alpha value is -5.85. The molecule has 16 rings (SSSR count). The molecular formula is C86H101BCl4FeN4O10P2Pd+2. The number of alkyl halides is 2. The van der Waals surface area contributed by atoms with Gasteiger partial charge < -0.3 is 62.5 Å². The molecule has 0 unspecified atom stereocenters. The van der Waals surface area contributed by atoms with Crippen LogP contribution in [0, 0.1) is 35.6 Å². The second kappa shape index (κ2) is 48.3. The van der Waals surface area contributed by atoms with E-state index in [0.717, 1.165) is 82.0 Å². The van der Waals surface area contributed by atoms with Crippen LogP contribution < -0.4 is 47.0 Å². The van der Waals surface area contributed by atoms with Crippen LogP contribution in [-0.2, 0) is 77.9 Å². The summed E-state index contributed by atoms with van der Waals surface area (Å²) in [6.07, 6.45) is 19.7. The molecule has 2 atom stereocenters. The number of hydrogen-bond donors (Lipinski definition) is 2. The number of pyridine rings is 4. The zero-order chi connectivity index (χ0) is 74.4. The normalized spacial score (nSPS) is 15.8. The van der Waals surface area contributed by atoms with Crippen molar-refractivity contribution in [3.8, 4) is 45.4 Å². The van der Waals surface area contributed by atoms with Gasteiger partial charge in [-0.25, -0.2) is 0 Å². The molecule has 6 aliphatic rings. The zero-order valence-electron chi connectivity index (χ0n) is 62.7. The van der Waals surface area contributed by atoms with Crippen LogP contribution in [0.4, 0.5) is 0 Å². The largest absolute Gasteiger partial charge is 2.00 e. The number of aryl methyl sites for hydroxylation is 3. The number of ether oxygens (including phenoxy) is 6. The van der Waals surface area contributed by atoms with Gasteiger partial charge in [0.1, 0.15) is 25.4 Å². The van der Waals surface area contributed by atoms with E-state index >= 15 is 0 Å². The Labute approximate surface area is 684 Å². The number of rotatable bonds is 14. The van der Waals surface area contributed by atoms with Crippen molar-refractivity contribution in [2.24, 2.45) is 0 Å². The molecule has 2 N–H and O–H groups in total. The summed E-state index contributed by atoms with van der Waals surface area (Å²) >= 11 is 9.42. The van der Waals surface area contributed by atoms with E-state index in [1.165, 1.54) is 74.3 Å². The van der Waals surface area contributed by atoms with Crippen LogP contribution in [0.25, 0.3) is 33.6 Å². The fraction of sp³-hybridized carbons (Fsp3) is 0.326. The Balaban J connectivity index is 0.000000191. The van der Waals surface area contributed by atoms with Crippen LogP contribution in [0.3, 0.4) is 0 Å². The van der Waals surface area contributed by atoms with E-state index < -0.39 is 23.0 Å². The van der Waals surface area contributed by atoms with Gasteiger partial charge in [-0.15, -0.1) is 23.2 Å². The molecule has 2 aliphatic carbocycles. The number of benzene rings is 6. The summed E-state index contributed by atoms with van der Waals surface area (Å²) in [5.41, 5.74) is 13.9. The molecule has 582 valence electrons. The minimum absolute atomic E-state index is 0. The third kappa shape index (κ3) is 26.1. The minimum Gasteiger partial charge on any atom is -0.0620 e. The minimum atomic E-state index is -1.40. The van der Waals surface area contributed by atoms with Gasteiger partial charge in [0.05, 0.1) is 105 Å². The molecule has 4 aromatic heterocycles. The number of nitrogens with zero attached hydrogens (tertiary/aromatic N) is 4. The zero-order valence-corrected chi connectivity index (χ0v) is 70.3. The molecule has 4 fully saturated rings. The van der Waals surface area contributed by atoms with Crippen molar-refractivity contribution < 1.29 is 71.5 Å². The van der Waals surface area contributed by atoms with Crippen LogP contribution in [0.15, 0.2) is 229 Å². The van der Waals surface area contributed by atoms with Gasteiger partial charge in [0, 0.05) is 77.7 Å². The molecule has 14 nitrogen and oxygen atoms in total. The van der Waals surface area contributed by atoms with Gasteiger partial charge in [-0.3, -0.25) is 19.6 Å². The molecule has 0 bridgehead atoms. The summed E-state index contributed by atoms with van der Waals surface area (Å²) in [5.74, 6) is 1.21. The number of hydrogen-bond acceptors (Lipinski definition) is 12. The molecule has 0 radical (unpaired) electrons. The van der Waals surface area contributed by atoms with E-state index in [9.17, 15) is 9.59 Å². The Kier molecular flexibility index (Phi) is 40.0. The molecule has 8 heterocycles. The number of fused-ring (bicyclic) bond motifs is 6. The first-order chi connectivity index (χ1) is 51.9.